The van der Waals surface area contributed by atoms with E-state index in [4.69, 9.17) is 5.73 Å². The molecule has 0 aromatic rings. The minimum atomic E-state index is -0.349. The molecule has 0 amide bonds. The van der Waals surface area contributed by atoms with Gasteiger partial charge in [-0.2, -0.15) is 5.48 Å². The molecule has 0 aliphatic heterocycles. The van der Waals surface area contributed by atoms with Crippen LogP contribution in [-0.4, -0.2) is 19.1 Å². The first-order chi connectivity index (χ1) is 3.77. The third kappa shape index (κ3) is 11.5. The summed E-state index contributed by atoms with van der Waals surface area (Å²) < 4.78 is 0. The van der Waals surface area contributed by atoms with Crippen molar-refractivity contribution in [3.8, 4) is 0 Å². The largest absolute Gasteiger partial charge is 0.371 e. The van der Waals surface area contributed by atoms with Crippen molar-refractivity contribution < 1.29 is 27.0 Å². The summed E-state index contributed by atoms with van der Waals surface area (Å²) in [5, 5.41) is 0. The van der Waals surface area contributed by atoms with Crippen LogP contribution in [0.1, 0.15) is 6.92 Å². The van der Waals surface area contributed by atoms with Gasteiger partial charge in [0.15, 0.2) is 0 Å². The van der Waals surface area contributed by atoms with Gasteiger partial charge in [0.1, 0.15) is 0 Å². The van der Waals surface area contributed by atoms with E-state index in [1.807, 2.05) is 0 Å². The molecule has 0 rings (SSSR count). The Bertz CT molecular complexity index is 79.0. The van der Waals surface area contributed by atoms with Gasteiger partial charge in [-0.3, -0.25) is 4.79 Å². The molecule has 0 saturated heterocycles. The van der Waals surface area contributed by atoms with E-state index in [-0.39, 0.29) is 23.3 Å². The van der Waals surface area contributed by atoms with E-state index in [0.29, 0.717) is 13.1 Å². The van der Waals surface area contributed by atoms with Crippen LogP contribution in [0.25, 0.3) is 0 Å². The summed E-state index contributed by atoms with van der Waals surface area (Å²) in [5.41, 5.74) is 7.42. The summed E-state index contributed by atoms with van der Waals surface area (Å²) in [6.45, 7) is 2.29. The molecule has 0 radical (unpaired) electrons. The smallest absolute Gasteiger partial charge is 0.321 e. The summed E-state index contributed by atoms with van der Waals surface area (Å²) in [4.78, 5) is 14.3. The number of hydrogen-bond donors (Lipinski definition) is 2. The molecule has 54 valence electrons. The topological polar surface area (TPSA) is 64.3 Å². The fourth-order valence-electron chi connectivity index (χ4n) is 0.212. The molecule has 0 aliphatic rings. The Morgan fingerprint density at radius 2 is 2.33 bits per heavy atom. The van der Waals surface area contributed by atoms with Gasteiger partial charge < -0.3 is 10.6 Å². The van der Waals surface area contributed by atoms with Crippen LogP contribution in [0.2, 0.25) is 0 Å². The maximum absolute atomic E-state index is 9.99. The van der Waals surface area contributed by atoms with Gasteiger partial charge >= 0.3 is 5.97 Å². The van der Waals surface area contributed by atoms with E-state index in [1.54, 1.807) is 0 Å². The number of nitrogens with two attached hydrogens (primary N) is 1. The van der Waals surface area contributed by atoms with Gasteiger partial charge in [-0.15, -0.1) is 0 Å². The van der Waals surface area contributed by atoms with Crippen molar-refractivity contribution in [1.82, 2.24) is 5.48 Å². The summed E-state index contributed by atoms with van der Waals surface area (Å²) in [6, 6.07) is 0. The normalized spacial score (nSPS) is 7.78. The van der Waals surface area contributed by atoms with E-state index >= 15 is 0 Å². The summed E-state index contributed by atoms with van der Waals surface area (Å²) in [6.07, 6.45) is 0. The fourth-order valence-corrected chi connectivity index (χ4v) is 0.212. The van der Waals surface area contributed by atoms with Crippen LogP contribution >= 0.6 is 0 Å². The van der Waals surface area contributed by atoms with Crippen molar-refractivity contribution in [3.63, 3.8) is 0 Å². The average molecular weight is 170 g/mol. The molecular weight excluding hydrogens is 160 g/mol. The SMILES string of the molecule is CC(=O)ONCCN.[Cr]. The molecule has 0 aliphatic carbocycles. The van der Waals surface area contributed by atoms with Crippen molar-refractivity contribution >= 4 is 5.97 Å². The number of carbonyl (C=O) groups is 1. The van der Waals surface area contributed by atoms with Crippen LogP contribution in [0.15, 0.2) is 0 Å². The predicted octanol–water partition coefficient (Wildman–Crippen LogP) is -0.990. The molecule has 5 heteroatoms. The second kappa shape index (κ2) is 7.92. The number of rotatable bonds is 3. The second-order valence-corrected chi connectivity index (χ2v) is 1.28. The average Bonchev–Trinajstić information content (AvgIpc) is 1.66. The van der Waals surface area contributed by atoms with E-state index < -0.39 is 0 Å². The molecule has 0 fully saturated rings. The monoisotopic (exact) mass is 170 g/mol. The van der Waals surface area contributed by atoms with Crippen LogP contribution in [0.5, 0.6) is 0 Å². The Morgan fingerprint density at radius 3 is 2.67 bits per heavy atom. The van der Waals surface area contributed by atoms with E-state index in [9.17, 15) is 4.79 Å². The van der Waals surface area contributed by atoms with Crippen molar-refractivity contribution in [2.24, 2.45) is 5.73 Å². The van der Waals surface area contributed by atoms with E-state index in [1.165, 1.54) is 6.92 Å². The van der Waals surface area contributed by atoms with Gasteiger partial charge in [0.05, 0.1) is 0 Å². The van der Waals surface area contributed by atoms with Crippen molar-refractivity contribution in [2.75, 3.05) is 13.1 Å². The molecule has 0 aromatic carbocycles. The van der Waals surface area contributed by atoms with Gasteiger partial charge in [-0.1, -0.05) is 0 Å². The summed E-state index contributed by atoms with van der Waals surface area (Å²) in [7, 11) is 0. The predicted molar refractivity (Wildman–Crippen MR) is 28.8 cm³/mol. The minimum absolute atomic E-state index is 0. The Balaban J connectivity index is 0. The molecule has 3 N–H and O–H groups in total. The molecular formula is C4H10CrN2O2. The summed E-state index contributed by atoms with van der Waals surface area (Å²) in [5.74, 6) is -0.349. The van der Waals surface area contributed by atoms with Crippen LogP contribution in [0.4, 0.5) is 0 Å². The maximum atomic E-state index is 9.99. The van der Waals surface area contributed by atoms with Gasteiger partial charge in [0.2, 0.25) is 0 Å². The zero-order valence-corrected chi connectivity index (χ0v) is 6.49. The van der Waals surface area contributed by atoms with Crippen LogP contribution in [0, 0.1) is 0 Å². The zero-order chi connectivity index (χ0) is 6.41. The Hall–Kier alpha value is -0.0775. The maximum Gasteiger partial charge on any atom is 0.321 e. The number of carbonyl (C=O) groups excluding carboxylic acids is 1. The van der Waals surface area contributed by atoms with E-state index in [2.05, 4.69) is 10.3 Å². The first kappa shape index (κ1) is 11.7. The van der Waals surface area contributed by atoms with E-state index in [0.717, 1.165) is 0 Å². The molecule has 0 spiro atoms. The Morgan fingerprint density at radius 1 is 1.78 bits per heavy atom. The third-order valence-corrected chi connectivity index (χ3v) is 0.462. The van der Waals surface area contributed by atoms with Gasteiger partial charge in [-0.05, 0) is 0 Å². The van der Waals surface area contributed by atoms with Gasteiger partial charge in [0, 0.05) is 37.4 Å². The quantitative estimate of drug-likeness (QED) is 0.421. The molecule has 9 heavy (non-hydrogen) atoms. The number of hydrogen-bond acceptors (Lipinski definition) is 4. The Labute approximate surface area is 64.8 Å². The molecule has 0 atom stereocenters. The van der Waals surface area contributed by atoms with Gasteiger partial charge in [-0.25, -0.2) is 0 Å². The van der Waals surface area contributed by atoms with Crippen LogP contribution in [0.3, 0.4) is 0 Å². The molecule has 0 saturated carbocycles. The standard InChI is InChI=1S/C4H10N2O2.Cr/c1-4(7)8-6-3-2-5;/h6H,2-3,5H2,1H3;. The van der Waals surface area contributed by atoms with Crippen molar-refractivity contribution in [1.29, 1.82) is 0 Å². The van der Waals surface area contributed by atoms with Crippen LogP contribution < -0.4 is 11.2 Å². The van der Waals surface area contributed by atoms with Crippen LogP contribution in [-0.2, 0) is 27.0 Å². The molecule has 0 bridgehead atoms. The first-order valence-corrected chi connectivity index (χ1v) is 2.37. The Kier molecular flexibility index (Phi) is 10.3. The molecule has 0 aromatic heterocycles. The first-order valence-electron chi connectivity index (χ1n) is 2.37. The zero-order valence-electron chi connectivity index (χ0n) is 5.22. The van der Waals surface area contributed by atoms with Gasteiger partial charge in [0.25, 0.3) is 0 Å². The van der Waals surface area contributed by atoms with Crippen molar-refractivity contribution in [3.05, 3.63) is 0 Å². The summed E-state index contributed by atoms with van der Waals surface area (Å²) >= 11 is 0. The third-order valence-electron chi connectivity index (χ3n) is 0.462. The fraction of sp³-hybridized carbons (Fsp3) is 0.750. The molecule has 0 unspecified atom stereocenters. The number of hydroxylamine groups is 1. The van der Waals surface area contributed by atoms with Crippen molar-refractivity contribution in [2.45, 2.75) is 6.92 Å². The minimum Gasteiger partial charge on any atom is -0.371 e. The second-order valence-electron chi connectivity index (χ2n) is 1.28. The molecule has 0 heterocycles. The number of nitrogens with one attached hydrogen (secondary N) is 1. The molecule has 4 nitrogen and oxygen atoms in total.